The standard InChI is InChI=1S/C12H22BO9P/c1-6-2-8(9(4-15)20-6)22-23(17,18)19-5-10-7(3-14)11(16)12(13)21-10/h6-12,14-16H,2-5H2,1H3,(H,17,18)/t6-,7?,8?,9+,10+,11?,12+/m0/s1. The topological polar surface area (TPSA) is 135 Å². The summed E-state index contributed by atoms with van der Waals surface area (Å²) in [5, 5.41) is 28.1. The Morgan fingerprint density at radius 1 is 1.26 bits per heavy atom. The Hall–Kier alpha value is -0.0251. The molecule has 4 N–H and O–H groups in total. The summed E-state index contributed by atoms with van der Waals surface area (Å²) >= 11 is 0. The van der Waals surface area contributed by atoms with Crippen molar-refractivity contribution in [2.75, 3.05) is 19.8 Å². The van der Waals surface area contributed by atoms with Crippen LogP contribution in [0, 0.1) is 5.92 Å². The van der Waals surface area contributed by atoms with E-state index in [9.17, 15) is 24.8 Å². The van der Waals surface area contributed by atoms with Gasteiger partial charge in [0.2, 0.25) is 0 Å². The van der Waals surface area contributed by atoms with Crippen LogP contribution in [0.15, 0.2) is 0 Å². The first-order valence-corrected chi connectivity index (χ1v) is 8.89. The van der Waals surface area contributed by atoms with Gasteiger partial charge in [-0.15, -0.1) is 0 Å². The van der Waals surface area contributed by atoms with E-state index in [-0.39, 0.29) is 19.3 Å². The Kier molecular flexibility index (Phi) is 6.63. The van der Waals surface area contributed by atoms with Gasteiger partial charge in [0.25, 0.3) is 0 Å². The van der Waals surface area contributed by atoms with Gasteiger partial charge in [0.15, 0.2) is 0 Å². The van der Waals surface area contributed by atoms with Crippen LogP contribution in [-0.4, -0.2) is 84.4 Å². The summed E-state index contributed by atoms with van der Waals surface area (Å²) in [4.78, 5) is 9.79. The third-order valence-electron chi connectivity index (χ3n) is 4.03. The van der Waals surface area contributed by atoms with Gasteiger partial charge in [-0.25, -0.2) is 4.57 Å². The highest BCUT2D eigenvalue weighted by atomic mass is 31.2. The molecule has 8 atom stereocenters. The Morgan fingerprint density at radius 3 is 2.57 bits per heavy atom. The predicted octanol–water partition coefficient (Wildman–Crippen LogP) is -1.48. The Bertz CT molecular complexity index is 439. The maximum atomic E-state index is 12.0. The maximum absolute atomic E-state index is 12.0. The Balaban J connectivity index is 1.88. The fraction of sp³-hybridized carbons (Fsp3) is 1.00. The molecule has 0 aliphatic carbocycles. The summed E-state index contributed by atoms with van der Waals surface area (Å²) in [5.74, 6) is -0.718. The van der Waals surface area contributed by atoms with Crippen molar-refractivity contribution in [1.82, 2.24) is 0 Å². The molecular formula is C12H22BO9P. The van der Waals surface area contributed by atoms with Crippen LogP contribution in [0.5, 0.6) is 0 Å². The quantitative estimate of drug-likeness (QED) is 0.320. The van der Waals surface area contributed by atoms with Gasteiger partial charge in [0, 0.05) is 18.3 Å². The number of hydrogen-bond acceptors (Lipinski definition) is 8. The van der Waals surface area contributed by atoms with E-state index in [2.05, 4.69) is 0 Å². The number of phosphoric acid groups is 1. The molecule has 2 rings (SSSR count). The number of hydrogen-bond donors (Lipinski definition) is 4. The average Bonchev–Trinajstić information content (AvgIpc) is 2.96. The summed E-state index contributed by atoms with van der Waals surface area (Å²) < 4.78 is 32.5. The molecule has 0 spiro atoms. The van der Waals surface area contributed by atoms with Crippen molar-refractivity contribution in [2.45, 2.75) is 49.9 Å². The summed E-state index contributed by atoms with van der Waals surface area (Å²) in [6.45, 7) is 0.640. The fourth-order valence-electron chi connectivity index (χ4n) is 2.80. The number of phosphoric ester groups is 1. The minimum absolute atomic E-state index is 0.206. The molecule has 4 unspecified atom stereocenters. The van der Waals surface area contributed by atoms with Crippen LogP contribution < -0.4 is 0 Å². The molecule has 2 fully saturated rings. The van der Waals surface area contributed by atoms with Crippen LogP contribution in [0.4, 0.5) is 0 Å². The highest BCUT2D eigenvalue weighted by Crippen LogP contribution is 2.48. The molecule has 0 bridgehead atoms. The van der Waals surface area contributed by atoms with E-state index in [0.717, 1.165) is 0 Å². The first-order valence-electron chi connectivity index (χ1n) is 7.39. The van der Waals surface area contributed by atoms with Gasteiger partial charge in [0.05, 0.1) is 38.1 Å². The molecule has 2 saturated heterocycles. The Labute approximate surface area is 135 Å². The minimum atomic E-state index is -4.42. The second-order valence-electron chi connectivity index (χ2n) is 5.79. The summed E-state index contributed by atoms with van der Waals surface area (Å²) in [6, 6.07) is -0.998. The van der Waals surface area contributed by atoms with Gasteiger partial charge in [-0.2, -0.15) is 0 Å². The second kappa shape index (κ2) is 7.90. The monoisotopic (exact) mass is 352 g/mol. The molecule has 0 amide bonds. The zero-order valence-electron chi connectivity index (χ0n) is 12.7. The SMILES string of the molecule is [B][C@@H]1O[C@H](COP(=O)(O)OC2C[C@H](C)O[C@@H]2CO)C(CO)C1O. The highest BCUT2D eigenvalue weighted by Gasteiger charge is 2.43. The van der Waals surface area contributed by atoms with Crippen molar-refractivity contribution in [3.63, 3.8) is 0 Å². The van der Waals surface area contributed by atoms with Gasteiger partial charge in [-0.1, -0.05) is 0 Å². The van der Waals surface area contributed by atoms with E-state index in [4.69, 9.17) is 26.4 Å². The van der Waals surface area contributed by atoms with Crippen LogP contribution in [0.1, 0.15) is 13.3 Å². The van der Waals surface area contributed by atoms with Crippen molar-refractivity contribution >= 4 is 15.7 Å². The van der Waals surface area contributed by atoms with E-state index in [1.807, 2.05) is 0 Å². The molecule has 0 saturated carbocycles. The predicted molar refractivity (Wildman–Crippen MR) is 77.7 cm³/mol. The van der Waals surface area contributed by atoms with Crippen LogP contribution in [-0.2, 0) is 23.1 Å². The molecule has 2 aliphatic heterocycles. The summed E-state index contributed by atoms with van der Waals surface area (Å²) in [5.41, 5.74) is 0. The molecule has 9 nitrogen and oxygen atoms in total. The van der Waals surface area contributed by atoms with Crippen LogP contribution >= 0.6 is 7.82 Å². The van der Waals surface area contributed by atoms with E-state index < -0.39 is 50.8 Å². The lowest BCUT2D eigenvalue weighted by Gasteiger charge is -2.22. The Morgan fingerprint density at radius 2 is 1.96 bits per heavy atom. The average molecular weight is 352 g/mol. The van der Waals surface area contributed by atoms with E-state index >= 15 is 0 Å². The van der Waals surface area contributed by atoms with Crippen LogP contribution in [0.25, 0.3) is 0 Å². The maximum Gasteiger partial charge on any atom is 0.472 e. The van der Waals surface area contributed by atoms with Gasteiger partial charge in [-0.05, 0) is 6.92 Å². The van der Waals surface area contributed by atoms with Gasteiger partial charge < -0.3 is 29.7 Å². The lowest BCUT2D eigenvalue weighted by atomic mass is 9.88. The molecule has 2 heterocycles. The van der Waals surface area contributed by atoms with E-state index in [1.165, 1.54) is 0 Å². The molecule has 0 aromatic carbocycles. The van der Waals surface area contributed by atoms with Crippen LogP contribution in [0.3, 0.4) is 0 Å². The van der Waals surface area contributed by atoms with Crippen molar-refractivity contribution in [3.05, 3.63) is 0 Å². The van der Waals surface area contributed by atoms with Crippen molar-refractivity contribution < 1.29 is 43.3 Å². The molecular weight excluding hydrogens is 330 g/mol. The lowest BCUT2D eigenvalue weighted by Crippen LogP contribution is -2.32. The first-order chi connectivity index (χ1) is 10.8. The third kappa shape index (κ3) is 4.75. The van der Waals surface area contributed by atoms with E-state index in [0.29, 0.717) is 6.42 Å². The highest BCUT2D eigenvalue weighted by molar-refractivity contribution is 7.47. The summed E-state index contributed by atoms with van der Waals surface area (Å²) in [7, 11) is 1.09. The third-order valence-corrected chi connectivity index (χ3v) is 5.04. The van der Waals surface area contributed by atoms with Gasteiger partial charge in [-0.3, -0.25) is 9.05 Å². The van der Waals surface area contributed by atoms with Crippen LogP contribution in [0.2, 0.25) is 0 Å². The van der Waals surface area contributed by atoms with Crippen molar-refractivity contribution in [2.24, 2.45) is 5.92 Å². The molecule has 132 valence electrons. The minimum Gasteiger partial charge on any atom is -0.396 e. The normalized spacial score (nSPS) is 43.6. The first kappa shape index (κ1) is 19.3. The number of ether oxygens (including phenoxy) is 2. The molecule has 2 radical (unpaired) electrons. The van der Waals surface area contributed by atoms with Gasteiger partial charge in [0.1, 0.15) is 20.1 Å². The fourth-order valence-corrected chi connectivity index (χ4v) is 3.76. The van der Waals surface area contributed by atoms with E-state index in [1.54, 1.807) is 6.92 Å². The smallest absolute Gasteiger partial charge is 0.396 e. The number of aliphatic hydroxyl groups is 3. The second-order valence-corrected chi connectivity index (χ2v) is 7.19. The molecule has 23 heavy (non-hydrogen) atoms. The number of rotatable bonds is 7. The molecule has 0 aromatic rings. The summed E-state index contributed by atoms with van der Waals surface area (Å²) in [6.07, 6.45) is -3.24. The lowest BCUT2D eigenvalue weighted by molar-refractivity contribution is -0.0262. The molecule has 11 heteroatoms. The zero-order valence-corrected chi connectivity index (χ0v) is 13.6. The molecule has 0 aromatic heterocycles. The van der Waals surface area contributed by atoms with Crippen molar-refractivity contribution in [1.29, 1.82) is 0 Å². The van der Waals surface area contributed by atoms with Crippen molar-refractivity contribution in [3.8, 4) is 0 Å². The largest absolute Gasteiger partial charge is 0.472 e. The zero-order chi connectivity index (χ0) is 17.2. The number of aliphatic hydroxyl groups excluding tert-OH is 3. The molecule has 2 aliphatic rings. The van der Waals surface area contributed by atoms with Gasteiger partial charge >= 0.3 is 7.82 Å².